The van der Waals surface area contributed by atoms with E-state index in [2.05, 4.69) is 0 Å². The van der Waals surface area contributed by atoms with E-state index in [4.69, 9.17) is 15.3 Å². The van der Waals surface area contributed by atoms with Gasteiger partial charge in [-0.15, -0.1) is 0 Å². The number of anilines is 1. The molecule has 1 atom stereocenters. The van der Waals surface area contributed by atoms with Gasteiger partial charge < -0.3 is 14.5 Å². The van der Waals surface area contributed by atoms with Gasteiger partial charge in [0, 0.05) is 31.7 Å². The molecular weight excluding hydrogens is 320 g/mol. The van der Waals surface area contributed by atoms with Gasteiger partial charge in [-0.3, -0.25) is 9.59 Å². The SMILES string of the molecule is COc1ccc(N2CC(C(=O)N(CCC#N)CCC#N)CC2=O)cc1. The van der Waals surface area contributed by atoms with Crippen molar-refractivity contribution in [2.75, 3.05) is 31.6 Å². The second-order valence-corrected chi connectivity index (χ2v) is 5.74. The number of ether oxygens (including phenoxy) is 1. The van der Waals surface area contributed by atoms with Gasteiger partial charge in [-0.05, 0) is 24.3 Å². The van der Waals surface area contributed by atoms with Crippen LogP contribution in [0.25, 0.3) is 0 Å². The van der Waals surface area contributed by atoms with Gasteiger partial charge in [-0.2, -0.15) is 10.5 Å². The Morgan fingerprint density at radius 3 is 2.36 bits per heavy atom. The van der Waals surface area contributed by atoms with Crippen LogP contribution in [-0.2, 0) is 9.59 Å². The zero-order valence-electron chi connectivity index (χ0n) is 14.1. The molecule has 2 rings (SSSR count). The summed E-state index contributed by atoms with van der Waals surface area (Å²) in [5.74, 6) is -0.0342. The van der Waals surface area contributed by atoms with Gasteiger partial charge in [0.2, 0.25) is 11.8 Å². The monoisotopic (exact) mass is 340 g/mol. The first-order chi connectivity index (χ1) is 12.1. The fourth-order valence-corrected chi connectivity index (χ4v) is 2.85. The first kappa shape index (κ1) is 18.3. The maximum Gasteiger partial charge on any atom is 0.228 e. The van der Waals surface area contributed by atoms with E-state index in [1.165, 1.54) is 4.90 Å². The van der Waals surface area contributed by atoms with E-state index in [-0.39, 0.29) is 44.2 Å². The molecule has 25 heavy (non-hydrogen) atoms. The highest BCUT2D eigenvalue weighted by Crippen LogP contribution is 2.28. The number of nitrogens with zero attached hydrogens (tertiary/aromatic N) is 4. The van der Waals surface area contributed by atoms with Gasteiger partial charge in [0.05, 0.1) is 38.0 Å². The number of amides is 2. The third-order valence-electron chi connectivity index (χ3n) is 4.16. The molecule has 0 saturated carbocycles. The number of benzene rings is 1. The predicted octanol–water partition coefficient (Wildman–Crippen LogP) is 1.70. The van der Waals surface area contributed by atoms with Crippen molar-refractivity contribution in [1.82, 2.24) is 4.90 Å². The molecule has 0 bridgehead atoms. The number of hydrogen-bond acceptors (Lipinski definition) is 5. The standard InChI is InChI=1S/C18H20N4O3/c1-25-16-6-4-15(5-7-16)22-13-14(12-17(22)23)18(24)21(10-2-8-19)11-3-9-20/h4-7,14H,2-3,10-13H2,1H3. The Hall–Kier alpha value is -3.06. The van der Waals surface area contributed by atoms with Crippen molar-refractivity contribution < 1.29 is 14.3 Å². The van der Waals surface area contributed by atoms with Crippen molar-refractivity contribution in [2.24, 2.45) is 5.92 Å². The molecule has 0 aromatic heterocycles. The van der Waals surface area contributed by atoms with E-state index >= 15 is 0 Å². The molecule has 1 aliphatic rings. The van der Waals surface area contributed by atoms with Gasteiger partial charge in [0.1, 0.15) is 5.75 Å². The highest BCUT2D eigenvalue weighted by molar-refractivity contribution is 6.00. The minimum Gasteiger partial charge on any atom is -0.497 e. The third kappa shape index (κ3) is 4.48. The van der Waals surface area contributed by atoms with Crippen molar-refractivity contribution in [2.45, 2.75) is 19.3 Å². The van der Waals surface area contributed by atoms with Crippen LogP contribution in [0.3, 0.4) is 0 Å². The van der Waals surface area contributed by atoms with Crippen molar-refractivity contribution >= 4 is 17.5 Å². The summed E-state index contributed by atoms with van der Waals surface area (Å²) in [5, 5.41) is 17.5. The molecule has 0 radical (unpaired) electrons. The van der Waals surface area contributed by atoms with E-state index in [1.807, 2.05) is 12.1 Å². The van der Waals surface area contributed by atoms with Crippen LogP contribution in [-0.4, -0.2) is 43.5 Å². The average molecular weight is 340 g/mol. The van der Waals surface area contributed by atoms with Gasteiger partial charge in [-0.1, -0.05) is 0 Å². The van der Waals surface area contributed by atoms with E-state index in [1.54, 1.807) is 36.3 Å². The van der Waals surface area contributed by atoms with Crippen LogP contribution in [0.1, 0.15) is 19.3 Å². The van der Waals surface area contributed by atoms with Crippen molar-refractivity contribution in [3.8, 4) is 17.9 Å². The summed E-state index contributed by atoms with van der Waals surface area (Å²) in [7, 11) is 1.57. The molecule has 7 nitrogen and oxygen atoms in total. The maximum atomic E-state index is 12.7. The molecule has 0 N–H and O–H groups in total. The summed E-state index contributed by atoms with van der Waals surface area (Å²) in [4.78, 5) is 28.1. The number of carbonyl (C=O) groups is 2. The second kappa shape index (κ2) is 8.70. The molecule has 1 aliphatic heterocycles. The van der Waals surface area contributed by atoms with Crippen LogP contribution in [0.15, 0.2) is 24.3 Å². The lowest BCUT2D eigenvalue weighted by Gasteiger charge is -2.24. The minimum absolute atomic E-state index is 0.107. The summed E-state index contributed by atoms with van der Waals surface area (Å²) in [6.45, 7) is 0.869. The number of rotatable bonds is 7. The lowest BCUT2D eigenvalue weighted by Crippen LogP contribution is -2.38. The van der Waals surface area contributed by atoms with Crippen LogP contribution in [0.4, 0.5) is 5.69 Å². The second-order valence-electron chi connectivity index (χ2n) is 5.74. The average Bonchev–Trinajstić information content (AvgIpc) is 3.03. The Morgan fingerprint density at radius 1 is 1.24 bits per heavy atom. The summed E-state index contributed by atoms with van der Waals surface area (Å²) < 4.78 is 5.11. The normalized spacial score (nSPS) is 16.2. The fourth-order valence-electron chi connectivity index (χ4n) is 2.85. The molecule has 1 fully saturated rings. The molecule has 7 heteroatoms. The summed E-state index contributed by atoms with van der Waals surface area (Å²) in [6, 6.07) is 11.1. The zero-order valence-corrected chi connectivity index (χ0v) is 14.1. The van der Waals surface area contributed by atoms with Crippen LogP contribution in [0, 0.1) is 28.6 Å². The summed E-state index contributed by atoms with van der Waals surface area (Å²) in [6.07, 6.45) is 0.556. The zero-order chi connectivity index (χ0) is 18.2. The van der Waals surface area contributed by atoms with Crippen LogP contribution in [0.5, 0.6) is 5.75 Å². The van der Waals surface area contributed by atoms with Crippen molar-refractivity contribution in [1.29, 1.82) is 10.5 Å². The maximum absolute atomic E-state index is 12.7. The third-order valence-corrected chi connectivity index (χ3v) is 4.16. The predicted molar refractivity (Wildman–Crippen MR) is 90.5 cm³/mol. The molecule has 1 aromatic rings. The largest absolute Gasteiger partial charge is 0.497 e. The Morgan fingerprint density at radius 2 is 1.84 bits per heavy atom. The van der Waals surface area contributed by atoms with E-state index < -0.39 is 5.92 Å². The number of carbonyl (C=O) groups excluding carboxylic acids is 2. The molecule has 1 heterocycles. The van der Waals surface area contributed by atoms with Crippen molar-refractivity contribution in [3.63, 3.8) is 0 Å². The Kier molecular flexibility index (Phi) is 6.36. The van der Waals surface area contributed by atoms with Crippen LogP contribution in [0.2, 0.25) is 0 Å². The molecule has 2 amide bonds. The molecule has 1 aromatic carbocycles. The van der Waals surface area contributed by atoms with Crippen LogP contribution < -0.4 is 9.64 Å². The van der Waals surface area contributed by atoms with Crippen LogP contribution >= 0.6 is 0 Å². The Balaban J connectivity index is 2.07. The highest BCUT2D eigenvalue weighted by Gasteiger charge is 2.37. The Bertz CT molecular complexity index is 685. The van der Waals surface area contributed by atoms with E-state index in [0.717, 1.165) is 5.69 Å². The number of hydrogen-bond donors (Lipinski definition) is 0. The topological polar surface area (TPSA) is 97.4 Å². The highest BCUT2D eigenvalue weighted by atomic mass is 16.5. The summed E-state index contributed by atoms with van der Waals surface area (Å²) in [5.41, 5.74) is 0.724. The van der Waals surface area contributed by atoms with E-state index in [0.29, 0.717) is 12.3 Å². The molecule has 0 spiro atoms. The smallest absolute Gasteiger partial charge is 0.228 e. The Labute approximate surface area is 147 Å². The lowest BCUT2D eigenvalue weighted by atomic mass is 10.1. The molecule has 1 saturated heterocycles. The fraction of sp³-hybridized carbons (Fsp3) is 0.444. The van der Waals surface area contributed by atoms with Gasteiger partial charge >= 0.3 is 0 Å². The van der Waals surface area contributed by atoms with E-state index in [9.17, 15) is 9.59 Å². The molecule has 1 unspecified atom stereocenters. The number of methoxy groups -OCH3 is 1. The van der Waals surface area contributed by atoms with Crippen molar-refractivity contribution in [3.05, 3.63) is 24.3 Å². The minimum atomic E-state index is -0.452. The quantitative estimate of drug-likeness (QED) is 0.752. The molecular formula is C18H20N4O3. The van der Waals surface area contributed by atoms with Gasteiger partial charge in [0.25, 0.3) is 0 Å². The lowest BCUT2D eigenvalue weighted by molar-refractivity contribution is -0.135. The number of nitriles is 2. The van der Waals surface area contributed by atoms with Gasteiger partial charge in [-0.25, -0.2) is 0 Å². The first-order valence-electron chi connectivity index (χ1n) is 8.07. The van der Waals surface area contributed by atoms with Gasteiger partial charge in [0.15, 0.2) is 0 Å². The molecule has 0 aliphatic carbocycles. The molecule has 130 valence electrons. The summed E-state index contributed by atoms with van der Waals surface area (Å²) >= 11 is 0. The first-order valence-corrected chi connectivity index (χ1v) is 8.07.